The largest absolute Gasteiger partial charge is 0.475 e. The highest BCUT2D eigenvalue weighted by Gasteiger charge is 2.04. The molecule has 0 aliphatic heterocycles. The molecule has 0 heterocycles. The fourth-order valence-electron chi connectivity index (χ4n) is 1.39. The van der Waals surface area contributed by atoms with Crippen LogP contribution in [0.5, 0.6) is 0 Å². The van der Waals surface area contributed by atoms with Crippen molar-refractivity contribution in [2.24, 2.45) is 0 Å². The number of aliphatic carboxylic acids is 1. The zero-order valence-corrected chi connectivity index (χ0v) is 9.96. The van der Waals surface area contributed by atoms with E-state index in [2.05, 4.69) is 0 Å². The highest BCUT2D eigenvalue weighted by molar-refractivity contribution is 6.37. The maximum atomic E-state index is 10.8. The standard InChI is InChI=1S/C14H14O4/c1-10-6-7-12(9-15)11(8-10)4-2-3-5-13(16)14(17)18/h2-8,15H,9H2,1H3,(H,17,18)/b4-2+,5-3+. The van der Waals surface area contributed by atoms with Crippen molar-refractivity contribution in [3.8, 4) is 0 Å². The minimum absolute atomic E-state index is 0.0717. The third-order valence-electron chi connectivity index (χ3n) is 2.32. The Morgan fingerprint density at radius 3 is 2.61 bits per heavy atom. The molecule has 0 saturated carbocycles. The average Bonchev–Trinajstić information content (AvgIpc) is 2.34. The molecule has 0 spiro atoms. The van der Waals surface area contributed by atoms with Crippen LogP contribution in [-0.4, -0.2) is 22.0 Å². The summed E-state index contributed by atoms with van der Waals surface area (Å²) >= 11 is 0. The van der Waals surface area contributed by atoms with Crippen LogP contribution < -0.4 is 0 Å². The quantitative estimate of drug-likeness (QED) is 0.471. The maximum Gasteiger partial charge on any atom is 0.376 e. The summed E-state index contributed by atoms with van der Waals surface area (Å²) in [5.41, 5.74) is 2.66. The van der Waals surface area contributed by atoms with Gasteiger partial charge in [0, 0.05) is 0 Å². The smallest absolute Gasteiger partial charge is 0.376 e. The first-order chi connectivity index (χ1) is 8.54. The van der Waals surface area contributed by atoms with Gasteiger partial charge in [0.15, 0.2) is 0 Å². The minimum atomic E-state index is -1.48. The normalized spacial score (nSPS) is 11.2. The van der Waals surface area contributed by atoms with Gasteiger partial charge in [0.1, 0.15) is 0 Å². The molecule has 0 aromatic heterocycles. The Morgan fingerprint density at radius 1 is 1.28 bits per heavy atom. The van der Waals surface area contributed by atoms with Crippen LogP contribution in [0, 0.1) is 6.92 Å². The van der Waals surface area contributed by atoms with Gasteiger partial charge in [0.25, 0.3) is 5.78 Å². The minimum Gasteiger partial charge on any atom is -0.475 e. The van der Waals surface area contributed by atoms with Gasteiger partial charge in [-0.15, -0.1) is 0 Å². The summed E-state index contributed by atoms with van der Waals surface area (Å²) in [5, 5.41) is 17.5. The molecule has 0 fully saturated rings. The molecule has 0 unspecified atom stereocenters. The monoisotopic (exact) mass is 246 g/mol. The van der Waals surface area contributed by atoms with Crippen molar-refractivity contribution in [3.05, 3.63) is 53.1 Å². The molecule has 1 aromatic rings. The number of aliphatic hydroxyl groups is 1. The van der Waals surface area contributed by atoms with E-state index in [0.29, 0.717) is 0 Å². The number of aliphatic hydroxyl groups excluding tert-OH is 1. The van der Waals surface area contributed by atoms with Crippen LogP contribution in [-0.2, 0) is 16.2 Å². The number of carboxylic acids is 1. The van der Waals surface area contributed by atoms with Crippen molar-refractivity contribution in [3.63, 3.8) is 0 Å². The first-order valence-electron chi connectivity index (χ1n) is 5.37. The zero-order chi connectivity index (χ0) is 13.5. The molecule has 0 aliphatic carbocycles. The predicted octanol–water partition coefficient (Wildman–Crippen LogP) is 1.71. The third-order valence-corrected chi connectivity index (χ3v) is 2.32. The molecule has 0 saturated heterocycles. The van der Waals surface area contributed by atoms with Gasteiger partial charge in [0.05, 0.1) is 6.61 Å². The van der Waals surface area contributed by atoms with E-state index in [1.165, 1.54) is 6.08 Å². The number of rotatable bonds is 5. The number of carbonyl (C=O) groups is 2. The van der Waals surface area contributed by atoms with Crippen molar-refractivity contribution < 1.29 is 19.8 Å². The van der Waals surface area contributed by atoms with Crippen molar-refractivity contribution in [2.75, 3.05) is 0 Å². The van der Waals surface area contributed by atoms with Crippen LogP contribution >= 0.6 is 0 Å². The van der Waals surface area contributed by atoms with E-state index in [0.717, 1.165) is 22.8 Å². The number of carboxylic acid groups (broad SMARTS) is 1. The van der Waals surface area contributed by atoms with Gasteiger partial charge < -0.3 is 10.2 Å². The molecular weight excluding hydrogens is 232 g/mol. The van der Waals surface area contributed by atoms with E-state index >= 15 is 0 Å². The molecule has 0 amide bonds. The van der Waals surface area contributed by atoms with Crippen LogP contribution in [0.3, 0.4) is 0 Å². The van der Waals surface area contributed by atoms with Crippen molar-refractivity contribution in [1.82, 2.24) is 0 Å². The Kier molecular flexibility index (Phi) is 5.02. The average molecular weight is 246 g/mol. The summed E-state index contributed by atoms with van der Waals surface area (Å²) in [6, 6.07) is 5.61. The molecule has 1 aromatic carbocycles. The van der Waals surface area contributed by atoms with E-state index in [1.807, 2.05) is 25.1 Å². The molecule has 18 heavy (non-hydrogen) atoms. The number of ketones is 1. The van der Waals surface area contributed by atoms with Crippen LogP contribution in [0.15, 0.2) is 36.4 Å². The van der Waals surface area contributed by atoms with Crippen LogP contribution in [0.4, 0.5) is 0 Å². The molecule has 4 heteroatoms. The number of carbonyl (C=O) groups excluding carboxylic acids is 1. The molecule has 94 valence electrons. The predicted molar refractivity (Wildman–Crippen MR) is 67.9 cm³/mol. The molecule has 2 N–H and O–H groups in total. The lowest BCUT2D eigenvalue weighted by atomic mass is 10.0. The van der Waals surface area contributed by atoms with Gasteiger partial charge in [-0.05, 0) is 24.1 Å². The van der Waals surface area contributed by atoms with Gasteiger partial charge in [-0.1, -0.05) is 42.0 Å². The second kappa shape index (κ2) is 6.51. The van der Waals surface area contributed by atoms with Gasteiger partial charge in [-0.3, -0.25) is 4.79 Å². The highest BCUT2D eigenvalue weighted by atomic mass is 16.4. The third kappa shape index (κ3) is 3.99. The maximum absolute atomic E-state index is 10.8. The fraction of sp³-hybridized carbons (Fsp3) is 0.143. The van der Waals surface area contributed by atoms with Crippen molar-refractivity contribution in [2.45, 2.75) is 13.5 Å². The lowest BCUT2D eigenvalue weighted by Gasteiger charge is -2.03. The number of benzene rings is 1. The molecule has 0 bridgehead atoms. The Labute approximate surface area is 105 Å². The Hall–Kier alpha value is -2.20. The Morgan fingerprint density at radius 2 is 2.00 bits per heavy atom. The SMILES string of the molecule is Cc1ccc(CO)c(/C=C/C=C/C(=O)C(=O)O)c1. The second-order valence-corrected chi connectivity index (χ2v) is 3.75. The van der Waals surface area contributed by atoms with E-state index in [1.54, 1.807) is 12.2 Å². The van der Waals surface area contributed by atoms with Crippen molar-refractivity contribution in [1.29, 1.82) is 0 Å². The highest BCUT2D eigenvalue weighted by Crippen LogP contribution is 2.13. The topological polar surface area (TPSA) is 74.6 Å². The summed E-state index contributed by atoms with van der Waals surface area (Å²) < 4.78 is 0. The number of allylic oxidation sites excluding steroid dienone is 2. The van der Waals surface area contributed by atoms with E-state index in [-0.39, 0.29) is 6.61 Å². The van der Waals surface area contributed by atoms with E-state index < -0.39 is 11.8 Å². The van der Waals surface area contributed by atoms with Crippen molar-refractivity contribution >= 4 is 17.8 Å². The summed E-state index contributed by atoms with van der Waals surface area (Å²) in [4.78, 5) is 21.0. The first kappa shape index (κ1) is 13.9. The van der Waals surface area contributed by atoms with E-state index in [4.69, 9.17) is 10.2 Å². The first-order valence-corrected chi connectivity index (χ1v) is 5.37. The molecule has 0 aliphatic rings. The molecule has 1 rings (SSSR count). The van der Waals surface area contributed by atoms with Gasteiger partial charge >= 0.3 is 5.97 Å². The Balaban J connectivity index is 2.81. The van der Waals surface area contributed by atoms with Gasteiger partial charge in [0.2, 0.25) is 0 Å². The second-order valence-electron chi connectivity index (χ2n) is 3.75. The summed E-state index contributed by atoms with van der Waals surface area (Å²) in [6.45, 7) is 1.86. The molecule has 0 atom stereocenters. The van der Waals surface area contributed by atoms with E-state index in [9.17, 15) is 9.59 Å². The van der Waals surface area contributed by atoms with Crippen LogP contribution in [0.25, 0.3) is 6.08 Å². The van der Waals surface area contributed by atoms with Crippen LogP contribution in [0.2, 0.25) is 0 Å². The van der Waals surface area contributed by atoms with Gasteiger partial charge in [-0.25, -0.2) is 4.79 Å². The molecule has 4 nitrogen and oxygen atoms in total. The summed E-state index contributed by atoms with van der Waals surface area (Å²) in [5.74, 6) is -2.45. The number of hydrogen-bond donors (Lipinski definition) is 2. The molecule has 0 radical (unpaired) electrons. The lowest BCUT2D eigenvalue weighted by molar-refractivity contribution is -0.146. The van der Waals surface area contributed by atoms with Crippen LogP contribution in [0.1, 0.15) is 16.7 Å². The zero-order valence-electron chi connectivity index (χ0n) is 9.96. The Bertz CT molecular complexity index is 513. The molecular formula is C14H14O4. The number of hydrogen-bond acceptors (Lipinski definition) is 3. The summed E-state index contributed by atoms with van der Waals surface area (Å²) in [6.07, 6.45) is 5.62. The lowest BCUT2D eigenvalue weighted by Crippen LogP contribution is -2.08. The summed E-state index contributed by atoms with van der Waals surface area (Å²) in [7, 11) is 0. The van der Waals surface area contributed by atoms with Gasteiger partial charge in [-0.2, -0.15) is 0 Å². The fourth-order valence-corrected chi connectivity index (χ4v) is 1.39. The number of aryl methyl sites for hydroxylation is 1.